The molecule has 20 heteroatoms. The van der Waals surface area contributed by atoms with Crippen LogP contribution in [-0.2, 0) is 30.0 Å². The monoisotopic (exact) mass is 869 g/mol. The summed E-state index contributed by atoms with van der Waals surface area (Å²) in [6.07, 6.45) is -2.71. The maximum Gasteiger partial charge on any atom is 0.459 e. The van der Waals surface area contributed by atoms with Crippen LogP contribution in [0.4, 0.5) is 14.7 Å². The van der Waals surface area contributed by atoms with E-state index >= 15 is 0 Å². The molecule has 282 valence electrons. The summed E-state index contributed by atoms with van der Waals surface area (Å²) in [7, 11) is -3.26. The first-order chi connectivity index (χ1) is 25.1. The van der Waals surface area contributed by atoms with Crippen molar-refractivity contribution in [2.75, 3.05) is 19.5 Å². The van der Waals surface area contributed by atoms with E-state index in [2.05, 4.69) is 25.0 Å². The Labute approximate surface area is 314 Å². The summed E-state index contributed by atoms with van der Waals surface area (Å²) in [6, 6.07) is 9.67. The van der Waals surface area contributed by atoms with Crippen molar-refractivity contribution in [1.82, 2.24) is 29.6 Å². The number of anilines is 1. The number of carbonyl (C=O) groups excluding carboxylic acids is 1. The zero-order valence-corrected chi connectivity index (χ0v) is 31.7. The number of pyridine rings is 1. The van der Waals surface area contributed by atoms with E-state index in [4.69, 9.17) is 29.0 Å². The van der Waals surface area contributed by atoms with Gasteiger partial charge in [-0.25, -0.2) is 18.3 Å². The summed E-state index contributed by atoms with van der Waals surface area (Å²) >= 11 is 1.89. The number of methoxy groups -OCH3 is 1. The van der Waals surface area contributed by atoms with Crippen molar-refractivity contribution in [3.8, 4) is 11.6 Å². The highest BCUT2D eigenvalue weighted by atomic mass is 127. The lowest BCUT2D eigenvalue weighted by Crippen LogP contribution is -2.45. The fraction of sp³-hybridized carbons (Fsp3) is 0.364. The fourth-order valence-electron chi connectivity index (χ4n) is 5.71. The largest absolute Gasteiger partial charge is 0.479 e. The van der Waals surface area contributed by atoms with E-state index in [1.165, 1.54) is 24.7 Å². The van der Waals surface area contributed by atoms with Gasteiger partial charge in [0.2, 0.25) is 11.8 Å². The Hall–Kier alpha value is -4.11. The normalized spacial score (nSPS) is 21.9. The summed E-state index contributed by atoms with van der Waals surface area (Å²) in [5.41, 5.74) is 4.71. The molecule has 6 atom stereocenters. The Morgan fingerprint density at radius 2 is 1.96 bits per heavy atom. The molecular formula is C33H35F2IN7O9P. The molecule has 6 rings (SSSR count). The van der Waals surface area contributed by atoms with Crippen molar-refractivity contribution in [1.29, 1.82) is 0 Å². The zero-order chi connectivity index (χ0) is 38.2. The van der Waals surface area contributed by atoms with Crippen LogP contribution >= 0.6 is 30.3 Å². The quantitative estimate of drug-likeness (QED) is 0.0558. The van der Waals surface area contributed by atoms with Crippen molar-refractivity contribution >= 4 is 64.3 Å². The standard InChI is InChI=1S/C33H35F2IN7O9P/c1-16(2)24(29(45)49-14-17-10-11-18(34)13-20(17)35)42-53(47,52-22-9-5-8-21-19(22)7-6-12-38-21)50-15-23-26(44)33(3,46)30(51-23)43-27-25(39-31(43)36)28(48-4)41-32(37)40-27/h5-13,16,23-24,26,30,44,46H,14-15H2,1-4H3,(H,42,47)(H2,37,40,41)/t23?,24-,26+,30?,33+,53?/m0/s1. The first kappa shape index (κ1) is 38.6. The molecule has 1 aliphatic heterocycles. The second-order valence-corrected chi connectivity index (χ2v) is 15.3. The van der Waals surface area contributed by atoms with Crippen LogP contribution in [0.1, 0.15) is 32.6 Å². The van der Waals surface area contributed by atoms with Crippen LogP contribution in [0.2, 0.25) is 0 Å². The van der Waals surface area contributed by atoms with E-state index in [-0.39, 0.29) is 38.1 Å². The summed E-state index contributed by atoms with van der Waals surface area (Å²) in [6.45, 7) is 3.43. The number of nitrogens with zero attached hydrogens (tertiary/aromatic N) is 5. The van der Waals surface area contributed by atoms with Gasteiger partial charge in [-0.3, -0.25) is 18.9 Å². The second kappa shape index (κ2) is 15.3. The molecule has 4 heterocycles. The lowest BCUT2D eigenvalue weighted by Gasteiger charge is -2.28. The number of rotatable bonds is 13. The molecule has 0 spiro atoms. The highest BCUT2D eigenvalue weighted by Crippen LogP contribution is 2.49. The van der Waals surface area contributed by atoms with Crippen molar-refractivity contribution < 1.29 is 51.6 Å². The van der Waals surface area contributed by atoms with Gasteiger partial charge in [-0.15, -0.1) is 0 Å². The Balaban J connectivity index is 1.29. The molecule has 5 N–H and O–H groups in total. The molecule has 0 saturated carbocycles. The van der Waals surface area contributed by atoms with Gasteiger partial charge in [-0.2, -0.15) is 15.1 Å². The number of imidazole rings is 1. The number of carbonyl (C=O) groups is 1. The third-order valence-corrected chi connectivity index (χ3v) is 10.8. The van der Waals surface area contributed by atoms with Crippen LogP contribution in [0.3, 0.4) is 0 Å². The fourth-order valence-corrected chi connectivity index (χ4v) is 8.12. The Kier molecular flexibility index (Phi) is 11.2. The van der Waals surface area contributed by atoms with Crippen LogP contribution in [0, 0.1) is 21.4 Å². The number of hydrogen-bond acceptors (Lipinski definition) is 14. The predicted molar refractivity (Wildman–Crippen MR) is 193 cm³/mol. The number of aromatic nitrogens is 5. The molecule has 3 aromatic heterocycles. The van der Waals surface area contributed by atoms with Crippen molar-refractivity contribution in [3.63, 3.8) is 0 Å². The molecule has 5 aromatic rings. The lowest BCUT2D eigenvalue weighted by molar-refractivity contribution is -0.148. The van der Waals surface area contributed by atoms with Crippen LogP contribution in [0.5, 0.6) is 11.6 Å². The number of esters is 1. The molecule has 0 radical (unpaired) electrons. The summed E-state index contributed by atoms with van der Waals surface area (Å²) in [5, 5.41) is 26.1. The third kappa shape index (κ3) is 7.91. The minimum Gasteiger partial charge on any atom is -0.479 e. The van der Waals surface area contributed by atoms with E-state index < -0.39 is 74.6 Å². The molecule has 53 heavy (non-hydrogen) atoms. The maximum atomic E-state index is 14.7. The van der Waals surface area contributed by atoms with E-state index in [0.717, 1.165) is 12.1 Å². The van der Waals surface area contributed by atoms with Crippen LogP contribution < -0.4 is 20.1 Å². The first-order valence-corrected chi connectivity index (χ1v) is 18.7. The highest BCUT2D eigenvalue weighted by Gasteiger charge is 2.55. The van der Waals surface area contributed by atoms with Gasteiger partial charge in [0, 0.05) is 45.8 Å². The number of fused-ring (bicyclic) bond motifs is 2. The average molecular weight is 870 g/mol. The van der Waals surface area contributed by atoms with Gasteiger partial charge in [-0.05, 0) is 49.2 Å². The molecule has 16 nitrogen and oxygen atoms in total. The van der Waals surface area contributed by atoms with Gasteiger partial charge < -0.3 is 34.7 Å². The number of benzene rings is 2. The number of aliphatic hydroxyl groups excluding tert-OH is 1. The second-order valence-electron chi connectivity index (χ2n) is 12.6. The van der Waals surface area contributed by atoms with E-state index in [1.807, 2.05) is 22.6 Å². The maximum absolute atomic E-state index is 14.7. The highest BCUT2D eigenvalue weighted by molar-refractivity contribution is 14.1. The minimum absolute atomic E-state index is 0.0797. The van der Waals surface area contributed by atoms with E-state index in [1.54, 1.807) is 44.3 Å². The van der Waals surface area contributed by atoms with Crippen LogP contribution in [0.25, 0.3) is 22.1 Å². The Bertz CT molecular complexity index is 2210. The van der Waals surface area contributed by atoms with Crippen LogP contribution in [-0.4, -0.2) is 78.3 Å². The molecule has 2 aromatic carbocycles. The molecule has 3 unspecified atom stereocenters. The number of hydrogen-bond donors (Lipinski definition) is 4. The summed E-state index contributed by atoms with van der Waals surface area (Å²) in [5.74, 6) is -3.21. The Morgan fingerprint density at radius 1 is 1.19 bits per heavy atom. The molecule has 0 bridgehead atoms. The van der Waals surface area contributed by atoms with Crippen LogP contribution in [0.15, 0.2) is 54.7 Å². The number of ether oxygens (including phenoxy) is 3. The zero-order valence-electron chi connectivity index (χ0n) is 28.6. The average Bonchev–Trinajstić information content (AvgIpc) is 3.55. The molecule has 0 amide bonds. The van der Waals surface area contributed by atoms with Gasteiger partial charge >= 0.3 is 13.7 Å². The smallest absolute Gasteiger partial charge is 0.459 e. The number of nitrogens with one attached hydrogen (secondary N) is 1. The van der Waals surface area contributed by atoms with Gasteiger partial charge in [0.1, 0.15) is 47.8 Å². The third-order valence-electron chi connectivity index (χ3n) is 8.50. The Morgan fingerprint density at radius 3 is 2.68 bits per heavy atom. The predicted octanol–water partition coefficient (Wildman–Crippen LogP) is 4.42. The first-order valence-electron chi connectivity index (χ1n) is 16.1. The SMILES string of the molecule is COc1nc(N)nc2c1nc(I)n2C1OC(COP(=O)(N[C@H](C(=O)OCc2ccc(F)cc2F)C(C)C)Oc2cccc3ncccc23)[C@@H](O)[C@@]1(C)O. The molecule has 1 fully saturated rings. The summed E-state index contributed by atoms with van der Waals surface area (Å²) < 4.78 is 72.9. The van der Waals surface area contributed by atoms with Gasteiger partial charge in [0.25, 0.3) is 0 Å². The topological polar surface area (TPSA) is 215 Å². The van der Waals surface area contributed by atoms with Gasteiger partial charge in [-0.1, -0.05) is 19.9 Å². The number of nitrogens with two attached hydrogens (primary N) is 1. The minimum atomic E-state index is -4.64. The number of nitrogen functional groups attached to an aromatic ring is 1. The van der Waals surface area contributed by atoms with Crippen molar-refractivity contribution in [2.24, 2.45) is 5.92 Å². The molecular weight excluding hydrogens is 834 g/mol. The van der Waals surface area contributed by atoms with Crippen molar-refractivity contribution in [3.05, 3.63) is 75.8 Å². The summed E-state index contributed by atoms with van der Waals surface area (Å²) in [4.78, 5) is 30.4. The number of halogens is 3. The molecule has 0 aliphatic carbocycles. The van der Waals surface area contributed by atoms with E-state index in [9.17, 15) is 28.4 Å². The lowest BCUT2D eigenvalue weighted by atomic mass is 9.96. The molecule has 1 aliphatic rings. The van der Waals surface area contributed by atoms with Crippen molar-refractivity contribution in [2.45, 2.75) is 57.5 Å². The molecule has 1 saturated heterocycles. The number of aliphatic hydroxyl groups is 2. The van der Waals surface area contributed by atoms with Gasteiger partial charge in [0.05, 0.1) is 19.2 Å². The van der Waals surface area contributed by atoms with E-state index in [0.29, 0.717) is 17.0 Å². The van der Waals surface area contributed by atoms with Gasteiger partial charge in [0.15, 0.2) is 21.2 Å².